The van der Waals surface area contributed by atoms with Crippen molar-refractivity contribution in [3.05, 3.63) is 71.3 Å². The van der Waals surface area contributed by atoms with Crippen molar-refractivity contribution < 1.29 is 4.79 Å². The van der Waals surface area contributed by atoms with E-state index in [4.69, 9.17) is 5.73 Å². The largest absolute Gasteiger partial charge is 0.375 e. The summed E-state index contributed by atoms with van der Waals surface area (Å²) in [6, 6.07) is 10.5. The average Bonchev–Trinajstić information content (AvgIpc) is 3.20. The Hall–Kier alpha value is -2.80. The number of aryl methyl sites for hydroxylation is 1. The highest BCUT2D eigenvalue weighted by molar-refractivity contribution is 7.13. The highest BCUT2D eigenvalue weighted by atomic mass is 32.1. The molecule has 0 saturated carbocycles. The standard InChI is InChI=1S/C21H23N5OS/c22-20-25-18(15-28-20)21(16-4-2-1-3-5-16)8-12-26(13-9-21)19(27)7-6-17-14-23-10-11-24-17/h1-5,10-11,14-15H,6-9,12-13H2,(H2,22,25). The maximum Gasteiger partial charge on any atom is 0.222 e. The molecular formula is C21H23N5OS. The summed E-state index contributed by atoms with van der Waals surface area (Å²) >= 11 is 1.48. The molecule has 0 aliphatic carbocycles. The van der Waals surface area contributed by atoms with Crippen LogP contribution in [-0.4, -0.2) is 38.8 Å². The van der Waals surface area contributed by atoms with Crippen molar-refractivity contribution in [3.8, 4) is 0 Å². The molecule has 6 nitrogen and oxygen atoms in total. The van der Waals surface area contributed by atoms with Crippen molar-refractivity contribution in [3.63, 3.8) is 0 Å². The first-order chi connectivity index (χ1) is 13.7. The van der Waals surface area contributed by atoms with E-state index in [1.807, 2.05) is 11.0 Å². The number of amides is 1. The van der Waals surface area contributed by atoms with E-state index in [0.29, 0.717) is 31.1 Å². The smallest absolute Gasteiger partial charge is 0.222 e. The van der Waals surface area contributed by atoms with Crippen molar-refractivity contribution in [2.24, 2.45) is 0 Å². The van der Waals surface area contributed by atoms with E-state index >= 15 is 0 Å². The van der Waals surface area contributed by atoms with E-state index in [2.05, 4.69) is 44.6 Å². The fourth-order valence-electron chi connectivity index (χ4n) is 3.95. The SMILES string of the molecule is Nc1nc(C2(c3ccccc3)CCN(C(=O)CCc3cnccn3)CC2)cs1. The van der Waals surface area contributed by atoms with E-state index in [9.17, 15) is 4.79 Å². The molecular weight excluding hydrogens is 370 g/mol. The van der Waals surface area contributed by atoms with Gasteiger partial charge < -0.3 is 10.6 Å². The molecule has 1 aliphatic rings. The quantitative estimate of drug-likeness (QED) is 0.720. The minimum absolute atomic E-state index is 0.171. The summed E-state index contributed by atoms with van der Waals surface area (Å²) in [5.74, 6) is 0.171. The van der Waals surface area contributed by atoms with Crippen LogP contribution in [0.3, 0.4) is 0 Å². The van der Waals surface area contributed by atoms with Gasteiger partial charge in [0.15, 0.2) is 5.13 Å². The molecule has 1 aromatic carbocycles. The Morgan fingerprint density at radius 1 is 1.18 bits per heavy atom. The van der Waals surface area contributed by atoms with Gasteiger partial charge in [-0.3, -0.25) is 14.8 Å². The van der Waals surface area contributed by atoms with Crippen molar-refractivity contribution in [1.82, 2.24) is 19.9 Å². The summed E-state index contributed by atoms with van der Waals surface area (Å²) in [4.78, 5) is 27.6. The monoisotopic (exact) mass is 393 g/mol. The Kier molecular flexibility index (Phi) is 5.34. The molecule has 4 rings (SSSR count). The van der Waals surface area contributed by atoms with Crippen LogP contribution in [0.15, 0.2) is 54.3 Å². The number of rotatable bonds is 5. The van der Waals surface area contributed by atoms with Gasteiger partial charge in [0, 0.05) is 48.9 Å². The van der Waals surface area contributed by atoms with Gasteiger partial charge in [0.05, 0.1) is 11.4 Å². The molecule has 28 heavy (non-hydrogen) atoms. The normalized spacial score (nSPS) is 16.1. The van der Waals surface area contributed by atoms with Crippen LogP contribution in [0.25, 0.3) is 0 Å². The fraction of sp³-hybridized carbons (Fsp3) is 0.333. The first kappa shape index (κ1) is 18.6. The van der Waals surface area contributed by atoms with Crippen LogP contribution in [0, 0.1) is 0 Å². The van der Waals surface area contributed by atoms with Gasteiger partial charge in [-0.1, -0.05) is 30.3 Å². The molecule has 0 atom stereocenters. The van der Waals surface area contributed by atoms with Gasteiger partial charge in [0.1, 0.15) is 0 Å². The van der Waals surface area contributed by atoms with Crippen LogP contribution in [0.2, 0.25) is 0 Å². The zero-order valence-electron chi connectivity index (χ0n) is 15.6. The summed E-state index contributed by atoms with van der Waals surface area (Å²) in [5.41, 5.74) is 8.86. The van der Waals surface area contributed by atoms with Gasteiger partial charge in [-0.05, 0) is 24.8 Å². The van der Waals surface area contributed by atoms with Gasteiger partial charge in [-0.2, -0.15) is 0 Å². The number of hydrogen-bond donors (Lipinski definition) is 1. The van der Waals surface area contributed by atoms with Crippen LogP contribution in [-0.2, 0) is 16.6 Å². The molecule has 144 valence electrons. The average molecular weight is 394 g/mol. The summed E-state index contributed by atoms with van der Waals surface area (Å²) in [6.07, 6.45) is 7.79. The van der Waals surface area contributed by atoms with Crippen molar-refractivity contribution >= 4 is 22.4 Å². The van der Waals surface area contributed by atoms with Crippen molar-refractivity contribution in [1.29, 1.82) is 0 Å². The van der Waals surface area contributed by atoms with Crippen LogP contribution in [0.4, 0.5) is 5.13 Å². The molecule has 3 aromatic rings. The van der Waals surface area contributed by atoms with E-state index in [0.717, 1.165) is 24.2 Å². The maximum absolute atomic E-state index is 12.7. The lowest BCUT2D eigenvalue weighted by atomic mass is 9.70. The van der Waals surface area contributed by atoms with Crippen LogP contribution >= 0.6 is 11.3 Å². The molecule has 0 bridgehead atoms. The summed E-state index contributed by atoms with van der Waals surface area (Å²) in [5, 5.41) is 2.65. The highest BCUT2D eigenvalue weighted by Crippen LogP contribution is 2.42. The number of aromatic nitrogens is 3. The third-order valence-electron chi connectivity index (χ3n) is 5.52. The van der Waals surface area contributed by atoms with E-state index < -0.39 is 0 Å². The van der Waals surface area contributed by atoms with E-state index in [-0.39, 0.29) is 11.3 Å². The number of nitrogens with zero attached hydrogens (tertiary/aromatic N) is 4. The van der Waals surface area contributed by atoms with Gasteiger partial charge in [0.2, 0.25) is 5.91 Å². The molecule has 2 N–H and O–H groups in total. The number of nitrogens with two attached hydrogens (primary N) is 1. The van der Waals surface area contributed by atoms with Crippen LogP contribution in [0.1, 0.15) is 36.2 Å². The lowest BCUT2D eigenvalue weighted by Crippen LogP contribution is -2.46. The Balaban J connectivity index is 1.47. The molecule has 1 fully saturated rings. The van der Waals surface area contributed by atoms with Gasteiger partial charge in [0.25, 0.3) is 0 Å². The number of carbonyl (C=O) groups is 1. The Morgan fingerprint density at radius 3 is 2.61 bits per heavy atom. The second-order valence-corrected chi connectivity index (χ2v) is 7.99. The third-order valence-corrected chi connectivity index (χ3v) is 6.19. The van der Waals surface area contributed by atoms with Crippen molar-refractivity contribution in [2.75, 3.05) is 18.8 Å². The number of likely N-dealkylation sites (tertiary alicyclic amines) is 1. The van der Waals surface area contributed by atoms with Crippen LogP contribution in [0.5, 0.6) is 0 Å². The van der Waals surface area contributed by atoms with Gasteiger partial charge in [-0.15, -0.1) is 11.3 Å². The molecule has 7 heteroatoms. The van der Waals surface area contributed by atoms with Crippen LogP contribution < -0.4 is 5.73 Å². The number of thiazole rings is 1. The Morgan fingerprint density at radius 2 is 1.96 bits per heavy atom. The van der Waals surface area contributed by atoms with Crippen molar-refractivity contribution in [2.45, 2.75) is 31.1 Å². The van der Waals surface area contributed by atoms with Gasteiger partial charge >= 0.3 is 0 Å². The minimum atomic E-state index is -0.183. The second kappa shape index (κ2) is 8.06. The molecule has 0 radical (unpaired) electrons. The highest BCUT2D eigenvalue weighted by Gasteiger charge is 2.40. The summed E-state index contributed by atoms with van der Waals surface area (Å²) in [6.45, 7) is 1.43. The number of hydrogen-bond acceptors (Lipinski definition) is 6. The predicted molar refractivity (Wildman–Crippen MR) is 110 cm³/mol. The molecule has 1 saturated heterocycles. The molecule has 0 unspecified atom stereocenters. The molecule has 3 heterocycles. The lowest BCUT2D eigenvalue weighted by molar-refractivity contribution is -0.132. The number of carbonyl (C=O) groups excluding carboxylic acids is 1. The van der Waals surface area contributed by atoms with E-state index in [1.165, 1.54) is 16.9 Å². The zero-order chi connectivity index (χ0) is 19.4. The number of benzene rings is 1. The summed E-state index contributed by atoms with van der Waals surface area (Å²) < 4.78 is 0. The first-order valence-electron chi connectivity index (χ1n) is 9.47. The van der Waals surface area contributed by atoms with E-state index in [1.54, 1.807) is 18.6 Å². The molecule has 1 amide bonds. The molecule has 2 aromatic heterocycles. The lowest BCUT2D eigenvalue weighted by Gasteiger charge is -2.41. The molecule has 0 spiro atoms. The predicted octanol–water partition coefficient (Wildman–Crippen LogP) is 3.06. The Labute approximate surface area is 168 Å². The number of anilines is 1. The third kappa shape index (κ3) is 3.75. The fourth-order valence-corrected chi connectivity index (χ4v) is 4.61. The maximum atomic E-state index is 12.7. The summed E-state index contributed by atoms with van der Waals surface area (Å²) in [7, 11) is 0. The topological polar surface area (TPSA) is 85.0 Å². The Bertz CT molecular complexity index is 920. The number of piperidine rings is 1. The number of nitrogen functional groups attached to an aromatic ring is 1. The first-order valence-corrected chi connectivity index (χ1v) is 10.3. The zero-order valence-corrected chi connectivity index (χ0v) is 16.4. The second-order valence-electron chi connectivity index (χ2n) is 7.10. The minimum Gasteiger partial charge on any atom is -0.375 e. The molecule has 1 aliphatic heterocycles. The van der Waals surface area contributed by atoms with Gasteiger partial charge in [-0.25, -0.2) is 4.98 Å².